The van der Waals surface area contributed by atoms with Crippen molar-refractivity contribution in [3.05, 3.63) is 163 Å². The summed E-state index contributed by atoms with van der Waals surface area (Å²) in [7, 11) is 0. The molecule has 0 saturated carbocycles. The number of nitrogens with zero attached hydrogens (tertiary/aromatic N) is 4. The van der Waals surface area contributed by atoms with Gasteiger partial charge in [-0.05, 0) is 93.3 Å². The van der Waals surface area contributed by atoms with Crippen molar-refractivity contribution in [3.63, 3.8) is 0 Å². The third-order valence-electron chi connectivity index (χ3n) is 8.50. The molecule has 208 valence electrons. The Morgan fingerprint density at radius 3 is 2.05 bits per heavy atom. The van der Waals surface area contributed by atoms with Crippen LogP contribution in [0.4, 0.5) is 0 Å². The average Bonchev–Trinajstić information content (AvgIpc) is 3.09. The molecular formula is C39H32N4. The SMILES string of the molecule is CC1(c2cc(-c3cccnc3)cc(-c3cccc(C4=CC(c5cccnc5)=CC(c5cccnc5)C4)c3)c2)C=NC=CC1. The largest absolute Gasteiger partial charge is 0.268 e. The molecule has 0 radical (unpaired) electrons. The van der Waals surface area contributed by atoms with Gasteiger partial charge in [-0.2, -0.15) is 0 Å². The minimum absolute atomic E-state index is 0.175. The number of allylic oxidation sites excluding steroid dienone is 5. The van der Waals surface area contributed by atoms with E-state index >= 15 is 0 Å². The highest BCUT2D eigenvalue weighted by molar-refractivity contribution is 5.88. The first kappa shape index (κ1) is 26.7. The highest BCUT2D eigenvalue weighted by Gasteiger charge is 2.26. The minimum atomic E-state index is -0.175. The summed E-state index contributed by atoms with van der Waals surface area (Å²) in [4.78, 5) is 17.7. The van der Waals surface area contributed by atoms with E-state index in [1.807, 2.05) is 61.6 Å². The third kappa shape index (κ3) is 5.64. The predicted octanol–water partition coefficient (Wildman–Crippen LogP) is 9.11. The van der Waals surface area contributed by atoms with Crippen molar-refractivity contribution in [1.29, 1.82) is 0 Å². The number of pyridine rings is 3. The smallest absolute Gasteiger partial charge is 0.0346 e. The van der Waals surface area contributed by atoms with Gasteiger partial charge in [0.1, 0.15) is 0 Å². The zero-order chi connectivity index (χ0) is 29.1. The molecule has 2 atom stereocenters. The van der Waals surface area contributed by atoms with Crippen molar-refractivity contribution in [2.75, 3.05) is 0 Å². The summed E-state index contributed by atoms with van der Waals surface area (Å²) in [6.45, 7) is 2.26. The quantitative estimate of drug-likeness (QED) is 0.210. The van der Waals surface area contributed by atoms with E-state index in [0.29, 0.717) is 0 Å². The Kier molecular flexibility index (Phi) is 7.18. The summed E-state index contributed by atoms with van der Waals surface area (Å²) >= 11 is 0. The van der Waals surface area contributed by atoms with Crippen LogP contribution in [0, 0.1) is 0 Å². The van der Waals surface area contributed by atoms with Gasteiger partial charge in [-0.25, -0.2) is 0 Å². The second kappa shape index (κ2) is 11.6. The lowest BCUT2D eigenvalue weighted by Gasteiger charge is -2.27. The molecule has 0 spiro atoms. The molecular weight excluding hydrogens is 524 g/mol. The molecule has 0 fully saturated rings. The van der Waals surface area contributed by atoms with E-state index < -0.39 is 0 Å². The number of benzene rings is 2. The van der Waals surface area contributed by atoms with Crippen LogP contribution in [0.25, 0.3) is 33.4 Å². The molecule has 3 aromatic heterocycles. The molecule has 4 heteroatoms. The van der Waals surface area contributed by atoms with E-state index in [1.165, 1.54) is 39.0 Å². The normalized spacial score (nSPS) is 19.5. The van der Waals surface area contributed by atoms with Crippen LogP contribution in [0.1, 0.15) is 47.9 Å². The average molecular weight is 557 g/mol. The van der Waals surface area contributed by atoms with Crippen LogP contribution in [0.5, 0.6) is 0 Å². The molecule has 4 heterocycles. The van der Waals surface area contributed by atoms with Crippen LogP contribution in [0.15, 0.2) is 145 Å². The summed E-state index contributed by atoms with van der Waals surface area (Å²) in [6, 6.07) is 28.3. The van der Waals surface area contributed by atoms with Crippen LogP contribution in [-0.2, 0) is 5.41 Å². The third-order valence-corrected chi connectivity index (χ3v) is 8.50. The van der Waals surface area contributed by atoms with Crippen molar-refractivity contribution < 1.29 is 0 Å². The summed E-state index contributed by atoms with van der Waals surface area (Å²) in [5, 5.41) is 0. The maximum absolute atomic E-state index is 4.51. The molecule has 2 unspecified atom stereocenters. The number of hydrogen-bond acceptors (Lipinski definition) is 4. The van der Waals surface area contributed by atoms with Gasteiger partial charge in [-0.15, -0.1) is 0 Å². The van der Waals surface area contributed by atoms with Gasteiger partial charge < -0.3 is 0 Å². The molecule has 0 N–H and O–H groups in total. The topological polar surface area (TPSA) is 51.0 Å². The zero-order valence-electron chi connectivity index (χ0n) is 24.1. The molecule has 7 rings (SSSR count). The molecule has 5 aromatic rings. The van der Waals surface area contributed by atoms with Gasteiger partial charge in [-0.3, -0.25) is 19.9 Å². The van der Waals surface area contributed by atoms with Crippen molar-refractivity contribution in [1.82, 2.24) is 15.0 Å². The summed E-state index contributed by atoms with van der Waals surface area (Å²) in [6.07, 6.45) is 24.0. The van der Waals surface area contributed by atoms with Crippen LogP contribution in [0.2, 0.25) is 0 Å². The molecule has 1 aliphatic carbocycles. The molecule has 43 heavy (non-hydrogen) atoms. The molecule has 0 saturated heterocycles. The first-order chi connectivity index (χ1) is 21.1. The Morgan fingerprint density at radius 2 is 1.35 bits per heavy atom. The highest BCUT2D eigenvalue weighted by atomic mass is 14.7. The lowest BCUT2D eigenvalue weighted by atomic mass is 9.77. The molecule has 2 aromatic carbocycles. The molecule has 4 nitrogen and oxygen atoms in total. The van der Waals surface area contributed by atoms with E-state index in [-0.39, 0.29) is 11.3 Å². The fourth-order valence-corrected chi connectivity index (χ4v) is 6.06. The van der Waals surface area contributed by atoms with E-state index in [2.05, 4.69) is 112 Å². The number of hydrogen-bond donors (Lipinski definition) is 0. The number of aliphatic imine (C=N–C) groups is 1. The number of aromatic nitrogens is 3. The van der Waals surface area contributed by atoms with Crippen LogP contribution >= 0.6 is 0 Å². The fourth-order valence-electron chi connectivity index (χ4n) is 6.06. The van der Waals surface area contributed by atoms with Crippen LogP contribution < -0.4 is 0 Å². The van der Waals surface area contributed by atoms with Crippen molar-refractivity contribution >= 4 is 17.4 Å². The van der Waals surface area contributed by atoms with Crippen LogP contribution in [0.3, 0.4) is 0 Å². The second-order valence-electron chi connectivity index (χ2n) is 11.5. The Labute approximate surface area is 253 Å². The van der Waals surface area contributed by atoms with Crippen molar-refractivity contribution in [2.24, 2.45) is 4.99 Å². The Morgan fingerprint density at radius 1 is 0.674 bits per heavy atom. The zero-order valence-corrected chi connectivity index (χ0v) is 24.1. The molecule has 2 aliphatic rings. The van der Waals surface area contributed by atoms with Gasteiger partial charge in [0.15, 0.2) is 0 Å². The van der Waals surface area contributed by atoms with E-state index in [4.69, 9.17) is 0 Å². The Balaban J connectivity index is 1.32. The summed E-state index contributed by atoms with van der Waals surface area (Å²) in [5.41, 5.74) is 11.8. The Bertz CT molecular complexity index is 1870. The second-order valence-corrected chi connectivity index (χ2v) is 11.5. The van der Waals surface area contributed by atoms with Gasteiger partial charge >= 0.3 is 0 Å². The first-order valence-corrected chi connectivity index (χ1v) is 14.7. The lowest BCUT2D eigenvalue weighted by molar-refractivity contribution is 0.655. The minimum Gasteiger partial charge on any atom is -0.268 e. The van der Waals surface area contributed by atoms with E-state index in [0.717, 1.165) is 29.5 Å². The predicted molar refractivity (Wildman–Crippen MR) is 176 cm³/mol. The fraction of sp³-hybridized carbons (Fsp3) is 0.128. The summed E-state index contributed by atoms with van der Waals surface area (Å²) < 4.78 is 0. The number of rotatable bonds is 6. The Hall–Kier alpha value is -5.22. The maximum Gasteiger partial charge on any atom is 0.0346 e. The highest BCUT2D eigenvalue weighted by Crippen LogP contribution is 2.40. The first-order valence-electron chi connectivity index (χ1n) is 14.7. The maximum atomic E-state index is 4.51. The van der Waals surface area contributed by atoms with Gasteiger partial charge in [0.05, 0.1) is 0 Å². The van der Waals surface area contributed by atoms with Gasteiger partial charge in [0, 0.05) is 66.5 Å². The van der Waals surface area contributed by atoms with Crippen molar-refractivity contribution in [2.45, 2.75) is 31.1 Å². The molecule has 0 bridgehead atoms. The molecule has 0 amide bonds. The lowest BCUT2D eigenvalue weighted by Crippen LogP contribution is -2.24. The van der Waals surface area contributed by atoms with Gasteiger partial charge in [0.25, 0.3) is 0 Å². The van der Waals surface area contributed by atoms with Gasteiger partial charge in [-0.1, -0.05) is 73.7 Å². The summed E-state index contributed by atoms with van der Waals surface area (Å²) in [5.74, 6) is 0.228. The van der Waals surface area contributed by atoms with E-state index in [9.17, 15) is 0 Å². The molecule has 1 aliphatic heterocycles. The van der Waals surface area contributed by atoms with Gasteiger partial charge in [0.2, 0.25) is 0 Å². The van der Waals surface area contributed by atoms with E-state index in [1.54, 1.807) is 0 Å². The van der Waals surface area contributed by atoms with Crippen LogP contribution in [-0.4, -0.2) is 21.2 Å². The monoisotopic (exact) mass is 556 g/mol. The standard InChI is InChI=1S/C39H32N4/c1-39(12-6-16-43-27-39)38-22-36(21-37(23-38)32-11-5-15-42-26-32)29-8-2-7-28(17-29)33-18-34(30-9-3-13-40-24-30)20-35(19-33)31-10-4-14-41-25-31/h2-11,13-18,20-27,35H,12,19H2,1H3. The van der Waals surface area contributed by atoms with Crippen molar-refractivity contribution in [3.8, 4) is 22.3 Å².